The van der Waals surface area contributed by atoms with Gasteiger partial charge in [0.2, 0.25) is 6.33 Å². The van der Waals surface area contributed by atoms with Crippen LogP contribution in [0.25, 0.3) is 0 Å². The maximum atomic E-state index is 9.91. The summed E-state index contributed by atoms with van der Waals surface area (Å²) in [6.45, 7) is 0.163. The third kappa shape index (κ3) is 1.63. The van der Waals surface area contributed by atoms with Crippen LogP contribution in [0.15, 0.2) is 6.33 Å². The van der Waals surface area contributed by atoms with Crippen LogP contribution < -0.4 is 0 Å². The first-order chi connectivity index (χ1) is 4.83. The smallest absolute Gasteiger partial charge is 0.201 e. The molecule has 1 rings (SSSR count). The molecule has 0 spiro atoms. The Balaban J connectivity index is 2.47. The van der Waals surface area contributed by atoms with Crippen molar-refractivity contribution in [3.8, 4) is 0 Å². The highest BCUT2D eigenvalue weighted by Crippen LogP contribution is 1.85. The molecular formula is C5H6N3O2. The molecule has 1 N–H and O–H groups in total. The Morgan fingerprint density at radius 1 is 1.90 bits per heavy atom. The van der Waals surface area contributed by atoms with Gasteiger partial charge in [0.1, 0.15) is 18.7 Å². The highest BCUT2D eigenvalue weighted by molar-refractivity contribution is 5.55. The van der Waals surface area contributed by atoms with Crippen LogP contribution in [0, 0.1) is 6.33 Å². The number of hydrogen-bond acceptors (Lipinski definition) is 4. The monoisotopic (exact) mass is 140 g/mol. The zero-order valence-corrected chi connectivity index (χ0v) is 5.14. The fourth-order valence-electron chi connectivity index (χ4n) is 0.530. The molecule has 1 radical (unpaired) electrons. The molecule has 0 aliphatic carbocycles. The van der Waals surface area contributed by atoms with Gasteiger partial charge in [0, 0.05) is 0 Å². The Morgan fingerprint density at radius 3 is 3.20 bits per heavy atom. The lowest BCUT2D eigenvalue weighted by Crippen LogP contribution is -2.15. The summed E-state index contributed by atoms with van der Waals surface area (Å²) in [5.74, 6) is 0. The fraction of sp³-hybridized carbons (Fsp3) is 0.400. The third-order valence-electron chi connectivity index (χ3n) is 0.963. The van der Waals surface area contributed by atoms with E-state index >= 15 is 0 Å². The minimum Gasteiger partial charge on any atom is -0.384 e. The molecule has 0 aliphatic heterocycles. The van der Waals surface area contributed by atoms with Crippen LogP contribution in [-0.4, -0.2) is 32.3 Å². The molecule has 53 valence electrons. The van der Waals surface area contributed by atoms with E-state index < -0.39 is 6.10 Å². The van der Waals surface area contributed by atoms with Crippen molar-refractivity contribution in [3.05, 3.63) is 12.7 Å². The van der Waals surface area contributed by atoms with E-state index in [1.165, 1.54) is 10.9 Å². The molecule has 0 amide bonds. The fourth-order valence-corrected chi connectivity index (χ4v) is 0.530. The second-order valence-corrected chi connectivity index (χ2v) is 1.79. The first-order valence-electron chi connectivity index (χ1n) is 2.72. The number of aldehydes is 1. The Hall–Kier alpha value is -1.23. The Bertz CT molecular complexity index is 197. The van der Waals surface area contributed by atoms with Gasteiger partial charge in [0.25, 0.3) is 0 Å². The van der Waals surface area contributed by atoms with Crippen molar-refractivity contribution in [1.29, 1.82) is 0 Å². The van der Waals surface area contributed by atoms with Crippen LogP contribution in [-0.2, 0) is 11.3 Å². The van der Waals surface area contributed by atoms with Crippen molar-refractivity contribution < 1.29 is 9.90 Å². The summed E-state index contributed by atoms with van der Waals surface area (Å²) in [5, 5.41) is 15.6. The lowest BCUT2D eigenvalue weighted by molar-refractivity contribution is -0.115. The first kappa shape index (κ1) is 6.88. The van der Waals surface area contributed by atoms with Crippen molar-refractivity contribution in [1.82, 2.24) is 14.8 Å². The normalized spacial score (nSPS) is 12.9. The summed E-state index contributed by atoms with van der Waals surface area (Å²) < 4.78 is 1.40. The third-order valence-corrected chi connectivity index (χ3v) is 0.963. The van der Waals surface area contributed by atoms with E-state index in [1.54, 1.807) is 0 Å². The Kier molecular flexibility index (Phi) is 2.11. The maximum absolute atomic E-state index is 9.91. The molecule has 1 aromatic rings. The van der Waals surface area contributed by atoms with Crippen LogP contribution in [0.5, 0.6) is 0 Å². The number of aliphatic hydroxyl groups is 1. The van der Waals surface area contributed by atoms with Gasteiger partial charge < -0.3 is 14.5 Å². The lowest BCUT2D eigenvalue weighted by Gasteiger charge is -1.99. The number of hydrogen-bond donors (Lipinski definition) is 1. The van der Waals surface area contributed by atoms with Crippen LogP contribution in [0.3, 0.4) is 0 Å². The second-order valence-electron chi connectivity index (χ2n) is 1.79. The molecule has 0 fully saturated rings. The number of nitrogens with zero attached hydrogens (tertiary/aromatic N) is 3. The number of aromatic nitrogens is 3. The zero-order valence-electron chi connectivity index (χ0n) is 5.14. The molecule has 5 heteroatoms. The van der Waals surface area contributed by atoms with Gasteiger partial charge in [-0.1, -0.05) is 0 Å². The van der Waals surface area contributed by atoms with E-state index in [2.05, 4.69) is 16.5 Å². The first-order valence-corrected chi connectivity index (χ1v) is 2.72. The Morgan fingerprint density at radius 2 is 2.70 bits per heavy atom. The zero-order chi connectivity index (χ0) is 7.40. The van der Waals surface area contributed by atoms with E-state index in [-0.39, 0.29) is 6.54 Å². The molecule has 1 aromatic heterocycles. The maximum Gasteiger partial charge on any atom is 0.201 e. The summed E-state index contributed by atoms with van der Waals surface area (Å²) in [5.41, 5.74) is 0. The number of aliphatic hydroxyl groups excluding tert-OH is 1. The summed E-state index contributed by atoms with van der Waals surface area (Å²) in [4.78, 5) is 9.91. The highest BCUT2D eigenvalue weighted by Gasteiger charge is 2.01. The molecule has 0 aromatic carbocycles. The predicted molar refractivity (Wildman–Crippen MR) is 30.9 cm³/mol. The topological polar surface area (TPSA) is 68.0 Å². The SMILES string of the molecule is O=CC(O)Cn1[c]nnc1. The van der Waals surface area contributed by atoms with Gasteiger partial charge >= 0.3 is 0 Å². The summed E-state index contributed by atoms with van der Waals surface area (Å²) in [7, 11) is 0. The summed E-state index contributed by atoms with van der Waals surface area (Å²) in [6, 6.07) is 0. The van der Waals surface area contributed by atoms with Gasteiger partial charge in [-0.15, -0.1) is 10.2 Å². The van der Waals surface area contributed by atoms with E-state index in [1.807, 2.05) is 0 Å². The van der Waals surface area contributed by atoms with Crippen molar-refractivity contribution in [3.63, 3.8) is 0 Å². The van der Waals surface area contributed by atoms with E-state index in [4.69, 9.17) is 5.11 Å². The molecule has 5 nitrogen and oxygen atoms in total. The minimum absolute atomic E-state index is 0.163. The van der Waals surface area contributed by atoms with Gasteiger partial charge in [-0.05, 0) is 0 Å². The standard InChI is InChI=1S/C5H6N3O2/c9-2-5(10)1-8-3-6-7-4-8/h2-3,5,10H,1H2. The van der Waals surface area contributed by atoms with Crippen LogP contribution >= 0.6 is 0 Å². The molecule has 1 heterocycles. The molecule has 0 bridgehead atoms. The number of rotatable bonds is 3. The van der Waals surface area contributed by atoms with Gasteiger partial charge in [0.05, 0.1) is 6.54 Å². The van der Waals surface area contributed by atoms with Gasteiger partial charge in [-0.3, -0.25) is 0 Å². The van der Waals surface area contributed by atoms with E-state index in [0.717, 1.165) is 0 Å². The molecule has 0 saturated heterocycles. The van der Waals surface area contributed by atoms with Crippen LogP contribution in [0.2, 0.25) is 0 Å². The number of carbonyl (C=O) groups excluding carboxylic acids is 1. The summed E-state index contributed by atoms with van der Waals surface area (Å²) >= 11 is 0. The quantitative estimate of drug-likeness (QED) is 0.526. The van der Waals surface area contributed by atoms with Crippen molar-refractivity contribution >= 4 is 6.29 Å². The molecule has 10 heavy (non-hydrogen) atoms. The van der Waals surface area contributed by atoms with Gasteiger partial charge in [-0.25, -0.2) is 0 Å². The molecular weight excluding hydrogens is 134 g/mol. The van der Waals surface area contributed by atoms with E-state index in [9.17, 15) is 4.79 Å². The van der Waals surface area contributed by atoms with Gasteiger partial charge in [-0.2, -0.15) is 0 Å². The van der Waals surface area contributed by atoms with E-state index in [0.29, 0.717) is 6.29 Å². The Labute approximate surface area is 57.3 Å². The molecule has 0 aliphatic rings. The average molecular weight is 140 g/mol. The van der Waals surface area contributed by atoms with Crippen LogP contribution in [0.4, 0.5) is 0 Å². The van der Waals surface area contributed by atoms with Crippen molar-refractivity contribution in [2.24, 2.45) is 0 Å². The molecule has 0 saturated carbocycles. The average Bonchev–Trinajstić information content (AvgIpc) is 2.40. The molecule has 1 unspecified atom stereocenters. The minimum atomic E-state index is -0.993. The second kappa shape index (κ2) is 3.07. The van der Waals surface area contributed by atoms with Crippen molar-refractivity contribution in [2.75, 3.05) is 0 Å². The van der Waals surface area contributed by atoms with Crippen LogP contribution in [0.1, 0.15) is 0 Å². The predicted octanol–water partition coefficient (Wildman–Crippen LogP) is -1.36. The highest BCUT2D eigenvalue weighted by atomic mass is 16.3. The number of carbonyl (C=O) groups is 1. The largest absolute Gasteiger partial charge is 0.384 e. The van der Waals surface area contributed by atoms with Gasteiger partial charge in [0.15, 0.2) is 0 Å². The van der Waals surface area contributed by atoms with Crippen molar-refractivity contribution in [2.45, 2.75) is 12.6 Å². The lowest BCUT2D eigenvalue weighted by atomic mass is 10.4. The summed E-state index contributed by atoms with van der Waals surface area (Å²) in [6.07, 6.45) is 3.28. The molecule has 1 atom stereocenters.